The molecule has 0 saturated heterocycles. The molecular weight excluding hydrogens is 250 g/mol. The summed E-state index contributed by atoms with van der Waals surface area (Å²) in [4.78, 5) is 13.9. The van der Waals surface area contributed by atoms with Crippen LogP contribution in [0.5, 0.6) is 5.75 Å². The van der Waals surface area contributed by atoms with E-state index in [-0.39, 0.29) is 5.97 Å². The van der Waals surface area contributed by atoms with Gasteiger partial charge in [0.2, 0.25) is 0 Å². The van der Waals surface area contributed by atoms with Gasteiger partial charge in [0.1, 0.15) is 5.75 Å². The Morgan fingerprint density at radius 3 is 2.40 bits per heavy atom. The highest BCUT2D eigenvalue weighted by molar-refractivity contribution is 5.73. The first-order valence-electron chi connectivity index (χ1n) is 6.69. The SMILES string of the molecule is Cc1ccccc1OC(=O)CCN(C)c1ccccc1. The minimum Gasteiger partial charge on any atom is -0.426 e. The van der Waals surface area contributed by atoms with Crippen molar-refractivity contribution in [3.8, 4) is 5.75 Å². The van der Waals surface area contributed by atoms with Crippen LogP contribution in [0.1, 0.15) is 12.0 Å². The lowest BCUT2D eigenvalue weighted by Crippen LogP contribution is -2.23. The van der Waals surface area contributed by atoms with Crippen molar-refractivity contribution >= 4 is 11.7 Å². The summed E-state index contributed by atoms with van der Waals surface area (Å²) >= 11 is 0. The molecular formula is C17H19NO2. The van der Waals surface area contributed by atoms with Gasteiger partial charge in [-0.25, -0.2) is 0 Å². The number of benzene rings is 2. The highest BCUT2D eigenvalue weighted by Gasteiger charge is 2.08. The quantitative estimate of drug-likeness (QED) is 0.615. The molecule has 3 heteroatoms. The molecule has 2 rings (SSSR count). The average molecular weight is 269 g/mol. The summed E-state index contributed by atoms with van der Waals surface area (Å²) in [7, 11) is 1.97. The third-order valence-corrected chi connectivity index (χ3v) is 3.17. The van der Waals surface area contributed by atoms with E-state index < -0.39 is 0 Å². The second-order valence-corrected chi connectivity index (χ2v) is 4.75. The zero-order chi connectivity index (χ0) is 14.4. The Kier molecular flexibility index (Phi) is 4.77. The molecule has 0 amide bonds. The number of carbonyl (C=O) groups excluding carboxylic acids is 1. The van der Waals surface area contributed by atoms with E-state index in [2.05, 4.69) is 0 Å². The van der Waals surface area contributed by atoms with E-state index in [1.165, 1.54) is 0 Å². The van der Waals surface area contributed by atoms with Crippen molar-refractivity contribution in [2.45, 2.75) is 13.3 Å². The molecule has 20 heavy (non-hydrogen) atoms. The highest BCUT2D eigenvalue weighted by Crippen LogP contribution is 2.17. The Hall–Kier alpha value is -2.29. The molecule has 0 aromatic heterocycles. The van der Waals surface area contributed by atoms with Crippen LogP contribution in [0, 0.1) is 6.92 Å². The summed E-state index contributed by atoms with van der Waals surface area (Å²) in [6.45, 7) is 2.56. The van der Waals surface area contributed by atoms with Crippen LogP contribution in [0.3, 0.4) is 0 Å². The number of carbonyl (C=O) groups is 1. The van der Waals surface area contributed by atoms with Gasteiger partial charge in [-0.1, -0.05) is 36.4 Å². The van der Waals surface area contributed by atoms with Crippen LogP contribution in [0.4, 0.5) is 5.69 Å². The van der Waals surface area contributed by atoms with E-state index in [1.54, 1.807) is 0 Å². The van der Waals surface area contributed by atoms with E-state index in [0.717, 1.165) is 11.3 Å². The van der Waals surface area contributed by atoms with Crippen LogP contribution in [0.15, 0.2) is 54.6 Å². The Bertz CT molecular complexity index is 566. The molecule has 0 radical (unpaired) electrons. The fraction of sp³-hybridized carbons (Fsp3) is 0.235. The molecule has 0 fully saturated rings. The summed E-state index contributed by atoms with van der Waals surface area (Å²) in [5.74, 6) is 0.432. The zero-order valence-corrected chi connectivity index (χ0v) is 11.9. The number of para-hydroxylation sites is 2. The molecule has 0 aliphatic rings. The van der Waals surface area contributed by atoms with E-state index in [4.69, 9.17) is 4.74 Å². The third-order valence-electron chi connectivity index (χ3n) is 3.17. The van der Waals surface area contributed by atoms with Gasteiger partial charge in [-0.3, -0.25) is 4.79 Å². The first kappa shape index (κ1) is 14.1. The fourth-order valence-corrected chi connectivity index (χ4v) is 1.92. The molecule has 0 saturated carbocycles. The van der Waals surface area contributed by atoms with Crippen molar-refractivity contribution in [1.82, 2.24) is 0 Å². The van der Waals surface area contributed by atoms with Crippen molar-refractivity contribution in [3.63, 3.8) is 0 Å². The Morgan fingerprint density at radius 1 is 1.05 bits per heavy atom. The van der Waals surface area contributed by atoms with Crippen LogP contribution in [0.2, 0.25) is 0 Å². The summed E-state index contributed by atoms with van der Waals surface area (Å²) in [5.41, 5.74) is 2.06. The minimum atomic E-state index is -0.206. The lowest BCUT2D eigenvalue weighted by molar-refractivity contribution is -0.134. The number of hydrogen-bond donors (Lipinski definition) is 0. The molecule has 104 valence electrons. The summed E-state index contributed by atoms with van der Waals surface area (Å²) in [6.07, 6.45) is 0.361. The van der Waals surface area contributed by atoms with Gasteiger partial charge < -0.3 is 9.64 Å². The summed E-state index contributed by atoms with van der Waals surface area (Å²) in [5, 5.41) is 0. The largest absolute Gasteiger partial charge is 0.426 e. The molecule has 0 atom stereocenters. The molecule has 0 N–H and O–H groups in total. The first-order chi connectivity index (χ1) is 9.66. The molecule has 2 aromatic carbocycles. The second kappa shape index (κ2) is 6.75. The van der Waals surface area contributed by atoms with Gasteiger partial charge in [0, 0.05) is 19.3 Å². The van der Waals surface area contributed by atoms with Crippen LogP contribution < -0.4 is 9.64 Å². The Labute approximate surface area is 119 Å². The monoisotopic (exact) mass is 269 g/mol. The Morgan fingerprint density at radius 2 is 1.70 bits per heavy atom. The van der Waals surface area contributed by atoms with Crippen LogP contribution in [-0.4, -0.2) is 19.6 Å². The smallest absolute Gasteiger partial charge is 0.312 e. The third kappa shape index (κ3) is 3.85. The van der Waals surface area contributed by atoms with Gasteiger partial charge >= 0.3 is 5.97 Å². The first-order valence-corrected chi connectivity index (χ1v) is 6.69. The van der Waals surface area contributed by atoms with Crippen molar-refractivity contribution in [2.75, 3.05) is 18.5 Å². The van der Waals surface area contributed by atoms with Gasteiger partial charge in [0.25, 0.3) is 0 Å². The fourth-order valence-electron chi connectivity index (χ4n) is 1.92. The van der Waals surface area contributed by atoms with E-state index >= 15 is 0 Å². The molecule has 0 spiro atoms. The maximum absolute atomic E-state index is 11.9. The van der Waals surface area contributed by atoms with E-state index in [1.807, 2.05) is 73.5 Å². The van der Waals surface area contributed by atoms with Gasteiger partial charge in [-0.2, -0.15) is 0 Å². The number of esters is 1. The predicted molar refractivity (Wildman–Crippen MR) is 81.1 cm³/mol. The lowest BCUT2D eigenvalue weighted by atomic mass is 10.2. The summed E-state index contributed by atoms with van der Waals surface area (Å²) < 4.78 is 5.37. The van der Waals surface area contributed by atoms with Gasteiger partial charge in [-0.05, 0) is 30.7 Å². The predicted octanol–water partition coefficient (Wildman–Crippen LogP) is 3.43. The molecule has 2 aromatic rings. The molecule has 0 aliphatic heterocycles. The van der Waals surface area contributed by atoms with Crippen LogP contribution in [0.25, 0.3) is 0 Å². The number of hydrogen-bond acceptors (Lipinski definition) is 3. The summed E-state index contributed by atoms with van der Waals surface area (Å²) in [6, 6.07) is 17.5. The van der Waals surface area contributed by atoms with E-state index in [9.17, 15) is 4.79 Å². The van der Waals surface area contributed by atoms with Crippen molar-refractivity contribution in [2.24, 2.45) is 0 Å². The van der Waals surface area contributed by atoms with Gasteiger partial charge in [0.05, 0.1) is 6.42 Å². The van der Waals surface area contributed by atoms with Crippen molar-refractivity contribution < 1.29 is 9.53 Å². The topological polar surface area (TPSA) is 29.5 Å². The molecule has 0 heterocycles. The van der Waals surface area contributed by atoms with Crippen molar-refractivity contribution in [1.29, 1.82) is 0 Å². The molecule has 0 aliphatic carbocycles. The van der Waals surface area contributed by atoms with Crippen molar-refractivity contribution in [3.05, 3.63) is 60.2 Å². The number of nitrogens with zero attached hydrogens (tertiary/aromatic N) is 1. The number of aryl methyl sites for hydroxylation is 1. The minimum absolute atomic E-state index is 0.206. The highest BCUT2D eigenvalue weighted by atomic mass is 16.5. The Balaban J connectivity index is 1.85. The normalized spacial score (nSPS) is 10.1. The van der Waals surface area contributed by atoms with Crippen LogP contribution in [-0.2, 0) is 4.79 Å². The molecule has 3 nitrogen and oxygen atoms in total. The number of rotatable bonds is 5. The maximum atomic E-state index is 11.9. The lowest BCUT2D eigenvalue weighted by Gasteiger charge is -2.18. The van der Waals surface area contributed by atoms with Gasteiger partial charge in [-0.15, -0.1) is 0 Å². The molecule has 0 bridgehead atoms. The number of ether oxygens (including phenoxy) is 1. The van der Waals surface area contributed by atoms with Gasteiger partial charge in [0.15, 0.2) is 0 Å². The second-order valence-electron chi connectivity index (χ2n) is 4.75. The maximum Gasteiger partial charge on any atom is 0.312 e. The van der Waals surface area contributed by atoms with Crippen LogP contribution >= 0.6 is 0 Å². The van der Waals surface area contributed by atoms with E-state index in [0.29, 0.717) is 18.7 Å². The number of anilines is 1. The zero-order valence-electron chi connectivity index (χ0n) is 11.9. The standard InChI is InChI=1S/C17H19NO2/c1-14-8-6-7-11-16(14)20-17(19)12-13-18(2)15-9-4-3-5-10-15/h3-11H,12-13H2,1-2H3. The average Bonchev–Trinajstić information content (AvgIpc) is 2.48. The molecule has 0 unspecified atom stereocenters.